The average Bonchev–Trinajstić information content (AvgIpc) is 3.55. The van der Waals surface area contributed by atoms with Crippen molar-refractivity contribution in [1.82, 2.24) is 29.7 Å². The third-order valence-electron chi connectivity index (χ3n) is 6.71. The smallest absolute Gasteiger partial charge is 0.260 e. The molecule has 2 aliphatic rings. The number of nitrogens with one attached hydrogen (secondary N) is 3. The minimum Gasteiger partial charge on any atom is -0.324 e. The summed E-state index contributed by atoms with van der Waals surface area (Å²) in [7, 11) is 0. The standard InChI is InChI=1S/C24H26N8O2S/c1-14-19(8-16(9-25-14)29-22(33)12-26-15-4-2-5-15)30-23(34)18-11-28-32-13-21(35-24(18)32)17-10-27-31-7-3-6-20(17)31/h8-11,13,15,26H,2-7,12H2,1H3,(H,29,33)(H,30,34). The Kier molecular flexibility index (Phi) is 5.57. The molecule has 0 unspecified atom stereocenters. The first-order chi connectivity index (χ1) is 17.0. The minimum atomic E-state index is -0.270. The monoisotopic (exact) mass is 490 g/mol. The predicted octanol–water partition coefficient (Wildman–Crippen LogP) is 3.24. The fraction of sp³-hybridized carbons (Fsp3) is 0.375. The van der Waals surface area contributed by atoms with E-state index in [0.717, 1.165) is 47.5 Å². The molecule has 5 heterocycles. The maximum absolute atomic E-state index is 13.2. The Balaban J connectivity index is 1.18. The number of aryl methyl sites for hydroxylation is 2. The van der Waals surface area contributed by atoms with Crippen LogP contribution in [-0.2, 0) is 17.8 Å². The molecule has 10 nitrogen and oxygen atoms in total. The Labute approximate surface area is 205 Å². The summed E-state index contributed by atoms with van der Waals surface area (Å²) in [5, 5.41) is 17.9. The molecule has 0 spiro atoms. The molecular weight excluding hydrogens is 464 g/mol. The number of carbonyl (C=O) groups excluding carboxylic acids is 2. The van der Waals surface area contributed by atoms with Crippen LogP contribution in [0.1, 0.15) is 47.4 Å². The van der Waals surface area contributed by atoms with Crippen LogP contribution in [0.3, 0.4) is 0 Å². The molecule has 180 valence electrons. The summed E-state index contributed by atoms with van der Waals surface area (Å²) < 4.78 is 3.79. The Bertz CT molecular complexity index is 1430. The molecule has 0 radical (unpaired) electrons. The van der Waals surface area contributed by atoms with E-state index in [4.69, 9.17) is 0 Å². The fourth-order valence-corrected chi connectivity index (χ4v) is 5.60. The van der Waals surface area contributed by atoms with E-state index < -0.39 is 0 Å². The normalized spacial score (nSPS) is 15.2. The van der Waals surface area contributed by atoms with Gasteiger partial charge in [0, 0.05) is 30.0 Å². The Morgan fingerprint density at radius 3 is 2.86 bits per heavy atom. The molecule has 2 amide bonds. The highest BCUT2D eigenvalue weighted by molar-refractivity contribution is 7.21. The molecule has 1 saturated carbocycles. The van der Waals surface area contributed by atoms with Crippen LogP contribution in [0.5, 0.6) is 0 Å². The Morgan fingerprint density at radius 1 is 1.14 bits per heavy atom. The molecule has 1 aliphatic heterocycles. The number of fused-ring (bicyclic) bond motifs is 2. The van der Waals surface area contributed by atoms with Crippen LogP contribution in [0.4, 0.5) is 11.4 Å². The maximum atomic E-state index is 13.2. The zero-order chi connectivity index (χ0) is 23.9. The lowest BCUT2D eigenvalue weighted by molar-refractivity contribution is -0.115. The number of amides is 2. The van der Waals surface area contributed by atoms with Gasteiger partial charge in [-0.2, -0.15) is 10.2 Å². The number of hydrogen-bond acceptors (Lipinski definition) is 7. The molecule has 0 aromatic carbocycles. The number of aromatic nitrogens is 5. The van der Waals surface area contributed by atoms with E-state index in [0.29, 0.717) is 28.7 Å². The van der Waals surface area contributed by atoms with Crippen molar-refractivity contribution in [1.29, 1.82) is 0 Å². The van der Waals surface area contributed by atoms with Crippen molar-refractivity contribution in [3.63, 3.8) is 0 Å². The summed E-state index contributed by atoms with van der Waals surface area (Å²) in [5.74, 6) is -0.399. The maximum Gasteiger partial charge on any atom is 0.260 e. The van der Waals surface area contributed by atoms with E-state index in [-0.39, 0.29) is 18.4 Å². The molecule has 4 aromatic heterocycles. The Morgan fingerprint density at radius 2 is 2.03 bits per heavy atom. The van der Waals surface area contributed by atoms with Crippen LogP contribution < -0.4 is 16.0 Å². The molecule has 4 aromatic rings. The third-order valence-corrected chi connectivity index (χ3v) is 7.86. The molecule has 1 fully saturated rings. The molecule has 6 rings (SSSR count). The van der Waals surface area contributed by atoms with Gasteiger partial charge in [-0.05, 0) is 38.7 Å². The second kappa shape index (κ2) is 8.90. The first kappa shape index (κ1) is 21.9. The fourth-order valence-electron chi connectivity index (χ4n) is 4.51. The Hall–Kier alpha value is -3.57. The van der Waals surface area contributed by atoms with E-state index in [2.05, 4.69) is 35.8 Å². The first-order valence-corrected chi connectivity index (χ1v) is 12.7. The topological polar surface area (TPSA) is 118 Å². The van der Waals surface area contributed by atoms with Crippen LogP contribution >= 0.6 is 11.3 Å². The molecule has 1 aliphatic carbocycles. The van der Waals surface area contributed by atoms with Gasteiger partial charge in [0.2, 0.25) is 5.91 Å². The zero-order valence-electron chi connectivity index (χ0n) is 19.4. The van der Waals surface area contributed by atoms with E-state index in [9.17, 15) is 9.59 Å². The van der Waals surface area contributed by atoms with Crippen molar-refractivity contribution in [2.75, 3.05) is 17.2 Å². The molecule has 0 saturated heterocycles. The van der Waals surface area contributed by atoms with Crippen molar-refractivity contribution in [3.8, 4) is 10.4 Å². The van der Waals surface area contributed by atoms with Gasteiger partial charge in [-0.1, -0.05) is 6.42 Å². The quantitative estimate of drug-likeness (QED) is 0.366. The lowest BCUT2D eigenvalue weighted by Crippen LogP contribution is -2.40. The second-order valence-electron chi connectivity index (χ2n) is 9.10. The van der Waals surface area contributed by atoms with Gasteiger partial charge in [0.1, 0.15) is 4.83 Å². The minimum absolute atomic E-state index is 0.129. The van der Waals surface area contributed by atoms with Crippen molar-refractivity contribution in [2.45, 2.75) is 51.6 Å². The van der Waals surface area contributed by atoms with Crippen LogP contribution in [0, 0.1) is 6.92 Å². The average molecular weight is 491 g/mol. The van der Waals surface area contributed by atoms with E-state index in [1.165, 1.54) is 23.5 Å². The van der Waals surface area contributed by atoms with Gasteiger partial charge in [-0.15, -0.1) is 11.3 Å². The summed E-state index contributed by atoms with van der Waals surface area (Å²) in [6.45, 7) is 3.03. The number of anilines is 2. The number of pyridine rings is 1. The van der Waals surface area contributed by atoms with Gasteiger partial charge in [0.25, 0.3) is 5.91 Å². The molecular formula is C24H26N8O2S. The summed E-state index contributed by atoms with van der Waals surface area (Å²) >= 11 is 1.53. The number of carbonyl (C=O) groups is 2. The highest BCUT2D eigenvalue weighted by Gasteiger charge is 2.22. The summed E-state index contributed by atoms with van der Waals surface area (Å²) in [4.78, 5) is 31.6. The molecule has 0 bridgehead atoms. The SMILES string of the molecule is Cc1ncc(NC(=O)CNC2CCC2)cc1NC(=O)c1cnn2cc(-c3cnn4c3CCC4)sc12. The van der Waals surface area contributed by atoms with Gasteiger partial charge in [-0.25, -0.2) is 4.52 Å². The van der Waals surface area contributed by atoms with E-state index in [1.54, 1.807) is 23.0 Å². The van der Waals surface area contributed by atoms with Gasteiger partial charge in [-0.3, -0.25) is 19.3 Å². The second-order valence-corrected chi connectivity index (χ2v) is 10.1. The lowest BCUT2D eigenvalue weighted by Gasteiger charge is -2.26. The van der Waals surface area contributed by atoms with E-state index >= 15 is 0 Å². The molecule has 11 heteroatoms. The van der Waals surface area contributed by atoms with Crippen LogP contribution in [0.25, 0.3) is 15.3 Å². The van der Waals surface area contributed by atoms with Gasteiger partial charge in [0.05, 0.1) is 52.6 Å². The zero-order valence-corrected chi connectivity index (χ0v) is 20.2. The predicted molar refractivity (Wildman–Crippen MR) is 134 cm³/mol. The largest absolute Gasteiger partial charge is 0.324 e. The molecule has 3 N–H and O–H groups in total. The lowest BCUT2D eigenvalue weighted by atomic mass is 9.93. The number of thiazole rings is 1. The van der Waals surface area contributed by atoms with Crippen molar-refractivity contribution >= 4 is 39.4 Å². The van der Waals surface area contributed by atoms with Crippen LogP contribution in [0.15, 0.2) is 30.9 Å². The number of hydrogen-bond donors (Lipinski definition) is 3. The molecule has 0 atom stereocenters. The van der Waals surface area contributed by atoms with Gasteiger partial charge >= 0.3 is 0 Å². The third kappa shape index (κ3) is 4.21. The van der Waals surface area contributed by atoms with E-state index in [1.807, 2.05) is 19.3 Å². The van der Waals surface area contributed by atoms with Crippen LogP contribution in [0.2, 0.25) is 0 Å². The molecule has 35 heavy (non-hydrogen) atoms. The number of rotatable bonds is 7. The van der Waals surface area contributed by atoms with Gasteiger partial charge in [0.15, 0.2) is 0 Å². The summed E-state index contributed by atoms with van der Waals surface area (Å²) in [6, 6.07) is 2.17. The van der Waals surface area contributed by atoms with Gasteiger partial charge < -0.3 is 16.0 Å². The summed E-state index contributed by atoms with van der Waals surface area (Å²) in [5.41, 5.74) is 4.59. The highest BCUT2D eigenvalue weighted by Crippen LogP contribution is 2.35. The first-order valence-electron chi connectivity index (χ1n) is 11.9. The van der Waals surface area contributed by atoms with Crippen molar-refractivity contribution < 1.29 is 9.59 Å². The summed E-state index contributed by atoms with van der Waals surface area (Å²) in [6.07, 6.45) is 12.6. The van der Waals surface area contributed by atoms with Crippen molar-refractivity contribution in [3.05, 3.63) is 47.8 Å². The number of nitrogens with zero attached hydrogens (tertiary/aromatic N) is 5. The van der Waals surface area contributed by atoms with Crippen molar-refractivity contribution in [2.24, 2.45) is 0 Å². The van der Waals surface area contributed by atoms with Crippen LogP contribution in [-0.4, -0.2) is 48.8 Å². The highest BCUT2D eigenvalue weighted by atomic mass is 32.1.